The Labute approximate surface area is 335 Å². The maximum absolute atomic E-state index is 5.34. The molecule has 3 nitrogen and oxygen atoms in total. The lowest BCUT2D eigenvalue weighted by atomic mass is 9.97. The maximum Gasteiger partial charge on any atom is 0.0715 e. The molecule has 3 aromatic heterocycles. The second-order valence-corrected chi connectivity index (χ2v) is 15.2. The van der Waals surface area contributed by atoms with Gasteiger partial charge in [-0.25, -0.2) is 4.98 Å². The number of aromatic nitrogens is 3. The Morgan fingerprint density at radius 1 is 0.259 bits per heavy atom. The van der Waals surface area contributed by atoms with E-state index in [1.807, 2.05) is 0 Å². The number of pyridine rings is 1. The fourth-order valence-electron chi connectivity index (χ4n) is 9.08. The van der Waals surface area contributed by atoms with Gasteiger partial charge in [-0.15, -0.1) is 0 Å². The van der Waals surface area contributed by atoms with Crippen LogP contribution in [0, 0.1) is 0 Å². The number of fused-ring (bicyclic) bond motifs is 8. The van der Waals surface area contributed by atoms with Gasteiger partial charge in [0, 0.05) is 44.0 Å². The van der Waals surface area contributed by atoms with E-state index in [1.54, 1.807) is 0 Å². The van der Waals surface area contributed by atoms with Crippen LogP contribution in [-0.4, -0.2) is 14.1 Å². The van der Waals surface area contributed by atoms with E-state index in [9.17, 15) is 0 Å². The van der Waals surface area contributed by atoms with Crippen LogP contribution in [0.25, 0.3) is 110 Å². The molecule has 12 aromatic rings. The van der Waals surface area contributed by atoms with E-state index >= 15 is 0 Å². The molecule has 0 atom stereocenters. The number of hydrogen-bond donors (Lipinski definition) is 0. The van der Waals surface area contributed by atoms with Crippen LogP contribution in [0.4, 0.5) is 0 Å². The molecule has 3 heterocycles. The molecule has 0 radical (unpaired) electrons. The second-order valence-electron chi connectivity index (χ2n) is 15.2. The molecule has 0 aliphatic carbocycles. The van der Waals surface area contributed by atoms with Crippen LogP contribution in [0.15, 0.2) is 212 Å². The lowest BCUT2D eigenvalue weighted by Gasteiger charge is -2.14. The van der Waals surface area contributed by atoms with Crippen molar-refractivity contribution >= 4 is 65.2 Å². The minimum atomic E-state index is 0.950. The summed E-state index contributed by atoms with van der Waals surface area (Å²) in [6.45, 7) is 0. The van der Waals surface area contributed by atoms with Crippen LogP contribution in [0.3, 0.4) is 0 Å². The predicted molar refractivity (Wildman–Crippen MR) is 244 cm³/mol. The van der Waals surface area contributed by atoms with Gasteiger partial charge in [0.1, 0.15) is 0 Å². The monoisotopic (exact) mass is 737 g/mol. The van der Waals surface area contributed by atoms with Crippen LogP contribution < -0.4 is 0 Å². The van der Waals surface area contributed by atoms with Crippen molar-refractivity contribution in [2.24, 2.45) is 0 Å². The number of hydrogen-bond acceptors (Lipinski definition) is 1. The van der Waals surface area contributed by atoms with E-state index in [-0.39, 0.29) is 0 Å². The molecule has 0 amide bonds. The molecule has 0 saturated carbocycles. The zero-order valence-electron chi connectivity index (χ0n) is 31.5. The Balaban J connectivity index is 1.07. The summed E-state index contributed by atoms with van der Waals surface area (Å²) in [6, 6.07) is 77.0. The third kappa shape index (κ3) is 5.18. The normalized spacial score (nSPS) is 11.8. The molecule has 270 valence electrons. The summed E-state index contributed by atoms with van der Waals surface area (Å²) in [6.07, 6.45) is 0. The molecule has 9 aromatic carbocycles. The molecular weight excluding hydrogens is 703 g/mol. The van der Waals surface area contributed by atoms with E-state index < -0.39 is 0 Å². The van der Waals surface area contributed by atoms with Crippen molar-refractivity contribution < 1.29 is 0 Å². The van der Waals surface area contributed by atoms with Crippen molar-refractivity contribution in [3.05, 3.63) is 212 Å². The summed E-state index contributed by atoms with van der Waals surface area (Å²) in [4.78, 5) is 5.34. The fourth-order valence-corrected chi connectivity index (χ4v) is 9.08. The minimum Gasteiger partial charge on any atom is -0.309 e. The van der Waals surface area contributed by atoms with Crippen LogP contribution in [0.5, 0.6) is 0 Å². The summed E-state index contributed by atoms with van der Waals surface area (Å²) in [5.41, 5.74) is 13.4. The minimum absolute atomic E-state index is 0.950. The first-order valence-electron chi connectivity index (χ1n) is 19.9. The molecule has 0 fully saturated rings. The number of benzene rings is 9. The van der Waals surface area contributed by atoms with Gasteiger partial charge in [0.05, 0.1) is 33.5 Å². The summed E-state index contributed by atoms with van der Waals surface area (Å²) >= 11 is 0. The highest BCUT2D eigenvalue weighted by molar-refractivity contribution is 6.19. The highest BCUT2D eigenvalue weighted by atomic mass is 15.0. The first kappa shape index (κ1) is 32.5. The average molecular weight is 738 g/mol. The van der Waals surface area contributed by atoms with Gasteiger partial charge in [0.25, 0.3) is 0 Å². The van der Waals surface area contributed by atoms with Gasteiger partial charge in [-0.1, -0.05) is 140 Å². The SMILES string of the molecule is c1ccc(-n2c3ccccc3c3cc4c(cc32)c2ccccc2n4-c2cccc(-c3cc(-c4ccc5ccccc5c4)nc(-c4ccc5ccccc5c4)c3)c2)cc1. The van der Waals surface area contributed by atoms with Gasteiger partial charge in [-0.2, -0.15) is 0 Å². The zero-order valence-corrected chi connectivity index (χ0v) is 31.5. The number of rotatable bonds is 5. The Hall–Kier alpha value is -7.75. The molecule has 3 heteroatoms. The third-order valence-corrected chi connectivity index (χ3v) is 11.8. The molecule has 0 N–H and O–H groups in total. The van der Waals surface area contributed by atoms with Gasteiger partial charge >= 0.3 is 0 Å². The molecule has 58 heavy (non-hydrogen) atoms. The number of nitrogens with zero attached hydrogens (tertiary/aromatic N) is 3. The van der Waals surface area contributed by atoms with E-state index in [2.05, 4.69) is 221 Å². The van der Waals surface area contributed by atoms with Crippen molar-refractivity contribution in [3.63, 3.8) is 0 Å². The first-order valence-corrected chi connectivity index (χ1v) is 19.9. The van der Waals surface area contributed by atoms with Crippen molar-refractivity contribution in [2.45, 2.75) is 0 Å². The van der Waals surface area contributed by atoms with Gasteiger partial charge in [-0.3, -0.25) is 0 Å². The van der Waals surface area contributed by atoms with Crippen molar-refractivity contribution in [1.29, 1.82) is 0 Å². The van der Waals surface area contributed by atoms with E-state index in [0.29, 0.717) is 0 Å². The Kier molecular flexibility index (Phi) is 7.23. The molecule has 12 rings (SSSR count). The summed E-state index contributed by atoms with van der Waals surface area (Å²) < 4.78 is 4.85. The molecule has 0 bridgehead atoms. The zero-order chi connectivity index (χ0) is 38.2. The molecular formula is C55H35N3. The van der Waals surface area contributed by atoms with Crippen LogP contribution in [0.1, 0.15) is 0 Å². The Morgan fingerprint density at radius 2 is 0.741 bits per heavy atom. The van der Waals surface area contributed by atoms with Crippen molar-refractivity contribution in [3.8, 4) is 45.0 Å². The molecule has 0 unspecified atom stereocenters. The fraction of sp³-hybridized carbons (Fsp3) is 0. The average Bonchev–Trinajstić information content (AvgIpc) is 3.80. The molecule has 0 aliphatic heterocycles. The summed E-state index contributed by atoms with van der Waals surface area (Å²) in [5, 5.41) is 9.79. The predicted octanol–water partition coefficient (Wildman–Crippen LogP) is 14.6. The Bertz CT molecular complexity index is 3470. The Morgan fingerprint density at radius 3 is 1.33 bits per heavy atom. The standard InChI is InChI=1S/C55H35N3/c1-2-18-44(19-3-1)57-52-23-10-8-21-46(52)48-35-55-49(34-54(48)57)47-22-9-11-24-53(47)58(55)45-20-12-17-40(31-45)43-32-50(41-27-25-36-13-4-6-15-38(36)29-41)56-51(33-43)42-28-26-37-14-5-7-16-39(37)30-42/h1-35H. The van der Waals surface area contributed by atoms with Gasteiger partial charge in [0.2, 0.25) is 0 Å². The van der Waals surface area contributed by atoms with E-state index in [0.717, 1.165) is 45.0 Å². The van der Waals surface area contributed by atoms with Crippen molar-refractivity contribution in [2.75, 3.05) is 0 Å². The smallest absolute Gasteiger partial charge is 0.0715 e. The van der Waals surface area contributed by atoms with Gasteiger partial charge < -0.3 is 9.13 Å². The highest BCUT2D eigenvalue weighted by Crippen LogP contribution is 2.40. The lowest BCUT2D eigenvalue weighted by molar-refractivity contribution is 1.17. The number of para-hydroxylation sites is 3. The molecule has 0 spiro atoms. The molecule has 0 aliphatic rings. The van der Waals surface area contributed by atoms with Crippen LogP contribution in [-0.2, 0) is 0 Å². The topological polar surface area (TPSA) is 22.8 Å². The van der Waals surface area contributed by atoms with Gasteiger partial charge in [-0.05, 0) is 105 Å². The second kappa shape index (κ2) is 12.9. The molecule has 0 saturated heterocycles. The lowest BCUT2D eigenvalue weighted by Crippen LogP contribution is -1.96. The van der Waals surface area contributed by atoms with Crippen molar-refractivity contribution in [1.82, 2.24) is 14.1 Å². The highest BCUT2D eigenvalue weighted by Gasteiger charge is 2.19. The summed E-state index contributed by atoms with van der Waals surface area (Å²) in [5.74, 6) is 0. The van der Waals surface area contributed by atoms with Crippen LogP contribution >= 0.6 is 0 Å². The largest absolute Gasteiger partial charge is 0.309 e. The quantitative estimate of drug-likeness (QED) is 0.172. The maximum atomic E-state index is 5.34. The van der Waals surface area contributed by atoms with E-state index in [4.69, 9.17) is 4.98 Å². The third-order valence-electron chi connectivity index (χ3n) is 11.8. The first-order chi connectivity index (χ1) is 28.7. The van der Waals surface area contributed by atoms with E-state index in [1.165, 1.54) is 65.2 Å². The summed E-state index contributed by atoms with van der Waals surface area (Å²) in [7, 11) is 0. The van der Waals surface area contributed by atoms with Crippen LogP contribution in [0.2, 0.25) is 0 Å². The van der Waals surface area contributed by atoms with Gasteiger partial charge in [0.15, 0.2) is 0 Å².